The molecule has 20 rings (SSSR count). The first-order valence-corrected chi connectivity index (χ1v) is 37.0. The Hall–Kier alpha value is -12.7. The summed E-state index contributed by atoms with van der Waals surface area (Å²) in [4.78, 5) is 38.8. The van der Waals surface area contributed by atoms with E-state index < -0.39 is 0 Å². The quantitative estimate of drug-likeness (QED) is 0.133. The summed E-state index contributed by atoms with van der Waals surface area (Å²) in [7, 11) is 0. The van der Waals surface area contributed by atoms with Crippen LogP contribution in [0.5, 0.6) is 0 Å². The Morgan fingerprint density at radius 2 is 0.594 bits per heavy atom. The molecule has 0 aliphatic rings. The van der Waals surface area contributed by atoms with Crippen LogP contribution in [0.15, 0.2) is 366 Å². The number of hydrogen-bond acceptors (Lipinski definition) is 8. The van der Waals surface area contributed by atoms with Gasteiger partial charge in [0.25, 0.3) is 0 Å². The largest absolute Gasteiger partial charge is 0.308 e. The highest BCUT2D eigenvalue weighted by atomic mass is 79.9. The van der Waals surface area contributed by atoms with Crippen LogP contribution in [0.4, 0.5) is 0 Å². The van der Waals surface area contributed by atoms with Crippen molar-refractivity contribution in [3.05, 3.63) is 366 Å². The highest BCUT2D eigenvalue weighted by Crippen LogP contribution is 2.42. The van der Waals surface area contributed by atoms with Gasteiger partial charge in [-0.1, -0.05) is 237 Å². The summed E-state index contributed by atoms with van der Waals surface area (Å²) in [5.74, 6) is 2.61. The highest BCUT2D eigenvalue weighted by Gasteiger charge is 2.22. The van der Waals surface area contributed by atoms with Crippen molar-refractivity contribution in [1.82, 2.24) is 53.6 Å². The van der Waals surface area contributed by atoms with Crippen molar-refractivity contribution < 1.29 is 0 Å². The van der Waals surface area contributed by atoms with Crippen molar-refractivity contribution in [2.45, 2.75) is 0 Å². The van der Waals surface area contributed by atoms with Gasteiger partial charge >= 0.3 is 0 Å². The molecule has 0 saturated carbocycles. The minimum absolute atomic E-state index is 0.638. The third kappa shape index (κ3) is 12.4. The maximum atomic E-state index is 5.09. The summed E-state index contributed by atoms with van der Waals surface area (Å²) in [5, 5.41) is 8.29. The van der Waals surface area contributed by atoms with Crippen molar-refractivity contribution in [3.8, 4) is 96.6 Å². The number of rotatable bonds is 10. The average Bonchev–Trinajstić information content (AvgIpc) is 1.59. The molecule has 0 saturated heterocycles. The lowest BCUT2D eigenvalue weighted by Gasteiger charge is -2.13. The highest BCUT2D eigenvalue weighted by molar-refractivity contribution is 9.11. The van der Waals surface area contributed by atoms with Crippen molar-refractivity contribution >= 4 is 124 Å². The molecule has 106 heavy (non-hydrogen) atoms. The van der Waals surface area contributed by atoms with E-state index in [2.05, 4.69) is 284 Å². The Morgan fingerprint density at radius 1 is 0.226 bits per heavy atom. The molecule has 0 bridgehead atoms. The van der Waals surface area contributed by atoms with E-state index in [1.807, 2.05) is 127 Å². The van der Waals surface area contributed by atoms with Gasteiger partial charge in [0, 0.05) is 97.1 Å². The van der Waals surface area contributed by atoms with Gasteiger partial charge < -0.3 is 9.13 Å². The van der Waals surface area contributed by atoms with E-state index in [4.69, 9.17) is 29.9 Å². The molecule has 0 radical (unpaired) electrons. The lowest BCUT2D eigenvalue weighted by atomic mass is 10.0. The number of nitrogens with zero attached hydrogens (tertiary/aromatic N) is 11. The molecular weight excluding hydrogens is 1500 g/mol. The SMILES string of the molecule is Brc1cccc2c3ccccc3n(-c3cccc(-c4cc(-c5ccccn5)nc(-c5ccccn5)c4)c3)c12.Brc1cccc2c3ccccc3n(-c3cccc(-c4nc(-c5ccccc5)nc(-c5ccccc5)n4)c3)c12.Brc1cccc2c3ccccc3n(-c3nc(-c4ccccc4)c4ccccc4n3)c12. The summed E-state index contributed by atoms with van der Waals surface area (Å²) in [6.45, 7) is 0. The van der Waals surface area contributed by atoms with Gasteiger partial charge in [0.15, 0.2) is 17.5 Å². The van der Waals surface area contributed by atoms with E-state index in [9.17, 15) is 0 Å². The molecule has 0 spiro atoms. The zero-order valence-corrected chi connectivity index (χ0v) is 61.3. The maximum absolute atomic E-state index is 5.09. The minimum Gasteiger partial charge on any atom is -0.308 e. The second-order valence-electron chi connectivity index (χ2n) is 25.4. The maximum Gasteiger partial charge on any atom is 0.235 e. The number of halogens is 3. The van der Waals surface area contributed by atoms with Crippen LogP contribution in [0.2, 0.25) is 0 Å². The number of benzene rings is 12. The number of aromatic nitrogens is 11. The third-order valence-corrected chi connectivity index (χ3v) is 20.9. The van der Waals surface area contributed by atoms with E-state index in [0.29, 0.717) is 23.4 Å². The summed E-state index contributed by atoms with van der Waals surface area (Å²) < 4.78 is 9.93. The molecule has 0 aliphatic heterocycles. The van der Waals surface area contributed by atoms with Gasteiger partial charge in [-0.2, -0.15) is 0 Å². The summed E-state index contributed by atoms with van der Waals surface area (Å²) in [6.07, 6.45) is 3.59. The van der Waals surface area contributed by atoms with E-state index in [1.165, 1.54) is 37.8 Å². The molecule has 0 N–H and O–H groups in total. The fourth-order valence-corrected chi connectivity index (χ4v) is 15.8. The van der Waals surface area contributed by atoms with E-state index in [-0.39, 0.29) is 0 Å². The monoisotopic (exact) mass is 1550 g/mol. The molecule has 0 amide bonds. The second kappa shape index (κ2) is 28.5. The Bertz CT molecular complexity index is 6290. The fourth-order valence-electron chi connectivity index (χ4n) is 14.2. The van der Waals surface area contributed by atoms with Crippen molar-refractivity contribution in [2.75, 3.05) is 0 Å². The lowest BCUT2D eigenvalue weighted by Crippen LogP contribution is -2.03. The van der Waals surface area contributed by atoms with Crippen molar-refractivity contribution in [3.63, 3.8) is 0 Å². The number of pyridine rings is 3. The summed E-state index contributed by atoms with van der Waals surface area (Å²) in [6, 6.07) is 116. The van der Waals surface area contributed by atoms with Gasteiger partial charge in [-0.15, -0.1) is 0 Å². The molecule has 14 heteroatoms. The Balaban J connectivity index is 0.000000114. The number of hydrogen-bond donors (Lipinski definition) is 0. The van der Waals surface area contributed by atoms with Gasteiger partial charge in [0.1, 0.15) is 0 Å². The van der Waals surface area contributed by atoms with Gasteiger partial charge in [-0.3, -0.25) is 14.5 Å². The second-order valence-corrected chi connectivity index (χ2v) is 28.0. The first-order valence-electron chi connectivity index (χ1n) is 34.6. The predicted molar refractivity (Wildman–Crippen MR) is 443 cm³/mol. The molecule has 0 atom stereocenters. The lowest BCUT2D eigenvalue weighted by molar-refractivity contribution is 1.01. The van der Waals surface area contributed by atoms with Crippen molar-refractivity contribution in [2.24, 2.45) is 0 Å². The van der Waals surface area contributed by atoms with Crippen LogP contribution in [-0.4, -0.2) is 53.6 Å². The Labute approximate surface area is 635 Å². The number of fused-ring (bicyclic) bond motifs is 10. The molecular formula is C92H58Br3N11. The molecule has 502 valence electrons. The minimum atomic E-state index is 0.638. The van der Waals surface area contributed by atoms with Crippen LogP contribution in [-0.2, 0) is 0 Å². The first kappa shape index (κ1) is 65.3. The fraction of sp³-hybridized carbons (Fsp3) is 0. The molecule has 8 heterocycles. The van der Waals surface area contributed by atoms with Gasteiger partial charge in [-0.25, -0.2) is 29.9 Å². The van der Waals surface area contributed by atoms with Crippen LogP contribution >= 0.6 is 47.8 Å². The van der Waals surface area contributed by atoms with Gasteiger partial charge in [0.05, 0.1) is 67.1 Å². The molecule has 20 aromatic rings. The molecule has 11 nitrogen and oxygen atoms in total. The van der Waals surface area contributed by atoms with Crippen molar-refractivity contribution in [1.29, 1.82) is 0 Å². The van der Waals surface area contributed by atoms with E-state index in [1.54, 1.807) is 12.4 Å². The van der Waals surface area contributed by atoms with Crippen LogP contribution in [0, 0.1) is 0 Å². The summed E-state index contributed by atoms with van der Waals surface area (Å²) >= 11 is 11.4. The van der Waals surface area contributed by atoms with Crippen LogP contribution in [0.3, 0.4) is 0 Å². The van der Waals surface area contributed by atoms with Crippen LogP contribution < -0.4 is 0 Å². The third-order valence-electron chi connectivity index (χ3n) is 19.0. The standard InChI is InChI=1S/2C33H21BrN4.C26H16BrN3/c34-28-19-10-18-27-26-17-7-8-20-29(26)38(30(27)28)25-16-9-15-24(21-25)33-36-31(22-11-3-1-4-12-22)35-32(37-33)23-13-5-2-6-14-23;34-27-13-8-12-26-25-11-1-2-16-32(25)38(33(26)27)24-10-7-9-22(19-24)23-20-30(28-14-3-5-17-35-28)37-31(21-23)29-15-4-6-18-36-29;27-21-14-8-13-19-18-11-5-7-16-23(18)30(25(19)21)26-28-22-15-6-4-12-20(22)24(29-26)17-9-2-1-3-10-17/h2*1-21H;1-16H. The van der Waals surface area contributed by atoms with E-state index >= 15 is 0 Å². The first-order chi connectivity index (χ1) is 52.3. The van der Waals surface area contributed by atoms with Crippen LogP contribution in [0.25, 0.3) is 173 Å². The van der Waals surface area contributed by atoms with Gasteiger partial charge in [0.2, 0.25) is 5.95 Å². The predicted octanol–water partition coefficient (Wildman–Crippen LogP) is 24.6. The molecule has 12 aromatic carbocycles. The number of para-hydroxylation sites is 7. The molecule has 0 unspecified atom stereocenters. The molecule has 8 aromatic heterocycles. The van der Waals surface area contributed by atoms with Crippen LogP contribution in [0.1, 0.15) is 0 Å². The Morgan fingerprint density at radius 3 is 1.08 bits per heavy atom. The van der Waals surface area contributed by atoms with E-state index in [0.717, 1.165) is 125 Å². The summed E-state index contributed by atoms with van der Waals surface area (Å²) in [5.41, 5.74) is 20.1. The average molecular weight is 1560 g/mol. The topological polar surface area (TPSA) is 118 Å². The normalized spacial score (nSPS) is 11.3. The smallest absolute Gasteiger partial charge is 0.235 e. The molecule has 0 fully saturated rings. The Kier molecular flexibility index (Phi) is 17.6. The zero-order valence-electron chi connectivity index (χ0n) is 56.5. The zero-order chi connectivity index (χ0) is 71.0. The molecule has 0 aliphatic carbocycles. The van der Waals surface area contributed by atoms with Gasteiger partial charge in [-0.05, 0) is 162 Å².